The molecule has 0 spiro atoms. The summed E-state index contributed by atoms with van der Waals surface area (Å²) in [5.74, 6) is 0.259. The number of fused-ring (bicyclic) bond motifs is 1. The van der Waals surface area contributed by atoms with Crippen LogP contribution in [0.1, 0.15) is 11.1 Å². The highest BCUT2D eigenvalue weighted by molar-refractivity contribution is 7.22. The van der Waals surface area contributed by atoms with Crippen LogP contribution in [0.3, 0.4) is 0 Å². The van der Waals surface area contributed by atoms with Crippen molar-refractivity contribution in [1.82, 2.24) is 15.0 Å². The molecule has 4 rings (SSSR count). The van der Waals surface area contributed by atoms with Crippen LogP contribution in [-0.2, 0) is 6.54 Å². The molecule has 0 radical (unpaired) electrons. The minimum absolute atomic E-state index is 0.103. The van der Waals surface area contributed by atoms with Gasteiger partial charge in [0, 0.05) is 6.54 Å². The maximum atomic E-state index is 11.7. The van der Waals surface area contributed by atoms with E-state index in [1.54, 1.807) is 0 Å². The third-order valence-electron chi connectivity index (χ3n) is 4.08. The van der Waals surface area contributed by atoms with Crippen LogP contribution in [-0.4, -0.2) is 19.9 Å². The fraction of sp³-hybridized carbons (Fsp3) is 0.105. The Kier molecular flexibility index (Phi) is 4.81. The number of benzene rings is 2. The van der Waals surface area contributed by atoms with Gasteiger partial charge in [-0.15, -0.1) is 0 Å². The van der Waals surface area contributed by atoms with Crippen LogP contribution < -0.4 is 10.6 Å². The summed E-state index contributed by atoms with van der Waals surface area (Å²) in [6, 6.07) is 15.5. The van der Waals surface area contributed by atoms with Crippen molar-refractivity contribution in [3.8, 4) is 0 Å². The molecule has 0 aliphatic carbocycles. The van der Waals surface area contributed by atoms with Crippen LogP contribution in [0.2, 0.25) is 0 Å². The topological polar surface area (TPSA) is 106 Å². The molecule has 140 valence electrons. The maximum Gasteiger partial charge on any atom is 0.353 e. The summed E-state index contributed by atoms with van der Waals surface area (Å²) in [4.78, 5) is 23.8. The molecule has 2 aromatic heterocycles. The highest BCUT2D eigenvalue weighted by atomic mass is 32.1. The summed E-state index contributed by atoms with van der Waals surface area (Å²) in [5, 5.41) is 18.2. The van der Waals surface area contributed by atoms with Crippen molar-refractivity contribution in [2.45, 2.75) is 13.5 Å². The number of nitrogens with zero attached hydrogens (tertiary/aromatic N) is 4. The fourth-order valence-electron chi connectivity index (χ4n) is 2.74. The van der Waals surface area contributed by atoms with E-state index in [1.165, 1.54) is 17.7 Å². The number of aryl methyl sites for hydroxylation is 1. The van der Waals surface area contributed by atoms with Crippen molar-refractivity contribution in [3.63, 3.8) is 0 Å². The minimum Gasteiger partial charge on any atom is -0.360 e. The highest BCUT2D eigenvalue weighted by Gasteiger charge is 2.23. The fourth-order valence-corrected chi connectivity index (χ4v) is 3.70. The lowest BCUT2D eigenvalue weighted by atomic mass is 10.2. The third-order valence-corrected chi connectivity index (χ3v) is 5.01. The third kappa shape index (κ3) is 3.74. The Morgan fingerprint density at radius 2 is 1.89 bits per heavy atom. The van der Waals surface area contributed by atoms with Crippen molar-refractivity contribution >= 4 is 44.0 Å². The zero-order valence-electron chi connectivity index (χ0n) is 14.9. The molecule has 8 nitrogen and oxygen atoms in total. The Hall–Kier alpha value is -3.59. The van der Waals surface area contributed by atoms with Gasteiger partial charge in [-0.25, -0.2) is 15.0 Å². The van der Waals surface area contributed by atoms with Crippen LogP contribution >= 0.6 is 11.3 Å². The van der Waals surface area contributed by atoms with E-state index in [0.717, 1.165) is 21.3 Å². The van der Waals surface area contributed by atoms with Gasteiger partial charge in [0.2, 0.25) is 11.6 Å². The first-order chi connectivity index (χ1) is 13.6. The van der Waals surface area contributed by atoms with Crippen LogP contribution in [0, 0.1) is 17.0 Å². The van der Waals surface area contributed by atoms with E-state index < -0.39 is 4.92 Å². The van der Waals surface area contributed by atoms with Gasteiger partial charge in [-0.1, -0.05) is 47.7 Å². The van der Waals surface area contributed by atoms with Crippen LogP contribution in [0.15, 0.2) is 54.9 Å². The molecule has 28 heavy (non-hydrogen) atoms. The quantitative estimate of drug-likeness (QED) is 0.363. The molecule has 0 aliphatic rings. The number of rotatable bonds is 6. The van der Waals surface area contributed by atoms with E-state index in [9.17, 15) is 10.1 Å². The van der Waals surface area contributed by atoms with E-state index in [2.05, 4.69) is 25.6 Å². The molecule has 9 heteroatoms. The summed E-state index contributed by atoms with van der Waals surface area (Å²) < 4.78 is 1.00. The Balaban J connectivity index is 1.63. The smallest absolute Gasteiger partial charge is 0.353 e. The molecule has 0 unspecified atom stereocenters. The monoisotopic (exact) mass is 392 g/mol. The highest BCUT2D eigenvalue weighted by Crippen LogP contribution is 2.34. The lowest BCUT2D eigenvalue weighted by molar-refractivity contribution is -0.383. The van der Waals surface area contributed by atoms with Gasteiger partial charge in [0.1, 0.15) is 6.33 Å². The number of nitro groups is 1. The molecule has 0 bridgehead atoms. The predicted octanol–water partition coefficient (Wildman–Crippen LogP) is 4.66. The lowest BCUT2D eigenvalue weighted by Gasteiger charge is -2.08. The number of nitrogens with one attached hydrogen (secondary N) is 2. The summed E-state index contributed by atoms with van der Waals surface area (Å²) in [5.41, 5.74) is 2.74. The van der Waals surface area contributed by atoms with Crippen molar-refractivity contribution in [2.24, 2.45) is 0 Å². The molecule has 4 aromatic rings. The Labute approximate surface area is 164 Å². The average Bonchev–Trinajstić information content (AvgIpc) is 3.08. The Morgan fingerprint density at radius 3 is 2.68 bits per heavy atom. The van der Waals surface area contributed by atoms with Gasteiger partial charge in [0.05, 0.1) is 15.1 Å². The number of thiazole rings is 1. The molecule has 2 heterocycles. The summed E-state index contributed by atoms with van der Waals surface area (Å²) in [6.07, 6.45) is 1.29. The Morgan fingerprint density at radius 1 is 1.11 bits per heavy atom. The molecule has 2 aromatic carbocycles. The number of anilines is 3. The van der Waals surface area contributed by atoms with Gasteiger partial charge < -0.3 is 10.6 Å². The van der Waals surface area contributed by atoms with E-state index in [4.69, 9.17) is 0 Å². The summed E-state index contributed by atoms with van der Waals surface area (Å²) in [7, 11) is 0. The summed E-state index contributed by atoms with van der Waals surface area (Å²) >= 11 is 1.42. The SMILES string of the molecule is Cc1ccc2nc(Nc3ncnc(NCc4ccccc4)c3[N+](=O)[O-])sc2c1. The number of aromatic nitrogens is 3. The van der Waals surface area contributed by atoms with Gasteiger partial charge in [0.15, 0.2) is 5.13 Å². The predicted molar refractivity (Wildman–Crippen MR) is 110 cm³/mol. The van der Waals surface area contributed by atoms with Crippen LogP contribution in [0.4, 0.5) is 22.5 Å². The van der Waals surface area contributed by atoms with Crippen LogP contribution in [0.5, 0.6) is 0 Å². The largest absolute Gasteiger partial charge is 0.360 e. The van der Waals surface area contributed by atoms with Crippen molar-refractivity contribution < 1.29 is 4.92 Å². The molecule has 0 saturated heterocycles. The minimum atomic E-state index is -0.493. The zero-order valence-corrected chi connectivity index (χ0v) is 15.7. The average molecular weight is 392 g/mol. The van der Waals surface area contributed by atoms with Crippen molar-refractivity contribution in [1.29, 1.82) is 0 Å². The van der Waals surface area contributed by atoms with E-state index >= 15 is 0 Å². The van der Waals surface area contributed by atoms with Gasteiger partial charge >= 0.3 is 5.69 Å². The van der Waals surface area contributed by atoms with Gasteiger partial charge in [-0.2, -0.15) is 0 Å². The van der Waals surface area contributed by atoms with Gasteiger partial charge in [-0.3, -0.25) is 10.1 Å². The second-order valence-electron chi connectivity index (χ2n) is 6.13. The first-order valence-electron chi connectivity index (χ1n) is 8.51. The van der Waals surface area contributed by atoms with E-state index in [0.29, 0.717) is 11.7 Å². The van der Waals surface area contributed by atoms with Crippen molar-refractivity contribution in [2.75, 3.05) is 10.6 Å². The molecule has 0 aliphatic heterocycles. The van der Waals surface area contributed by atoms with E-state index in [-0.39, 0.29) is 17.3 Å². The van der Waals surface area contributed by atoms with Crippen LogP contribution in [0.25, 0.3) is 10.2 Å². The standard InChI is InChI=1S/C19H16N6O2S/c1-12-7-8-14-15(9-12)28-19(23-14)24-18-16(25(26)27)17(21-11-22-18)20-10-13-5-3-2-4-6-13/h2-9,11H,10H2,1H3,(H2,20,21,22,23,24). The van der Waals surface area contributed by atoms with Crippen molar-refractivity contribution in [3.05, 3.63) is 76.1 Å². The molecule has 0 amide bonds. The first-order valence-corrected chi connectivity index (χ1v) is 9.33. The molecular formula is C19H16N6O2S. The second kappa shape index (κ2) is 7.57. The zero-order chi connectivity index (χ0) is 19.5. The first kappa shape index (κ1) is 17.8. The molecular weight excluding hydrogens is 376 g/mol. The van der Waals surface area contributed by atoms with Gasteiger partial charge in [0.25, 0.3) is 0 Å². The second-order valence-corrected chi connectivity index (χ2v) is 7.16. The number of hydrogen-bond acceptors (Lipinski definition) is 8. The van der Waals surface area contributed by atoms with Gasteiger partial charge in [-0.05, 0) is 30.2 Å². The lowest BCUT2D eigenvalue weighted by Crippen LogP contribution is -2.08. The Bertz CT molecular complexity index is 1150. The molecule has 0 atom stereocenters. The van der Waals surface area contributed by atoms with E-state index in [1.807, 2.05) is 55.5 Å². The maximum absolute atomic E-state index is 11.7. The molecule has 0 fully saturated rings. The molecule has 2 N–H and O–H groups in total. The normalized spacial score (nSPS) is 10.8. The number of hydrogen-bond donors (Lipinski definition) is 2. The molecule has 0 saturated carbocycles. The summed E-state index contributed by atoms with van der Waals surface area (Å²) in [6.45, 7) is 2.42.